The van der Waals surface area contributed by atoms with Crippen LogP contribution < -0.4 is 0 Å². The number of nitrogens with zero attached hydrogens (tertiary/aromatic N) is 2. The maximum Gasteiger partial charge on any atom is 0.116 e. The molecule has 2 rings (SSSR count). The Morgan fingerprint density at radius 2 is 2.29 bits per heavy atom. The average Bonchev–Trinajstić information content (AvgIpc) is 2.26. The van der Waals surface area contributed by atoms with Crippen molar-refractivity contribution in [3.8, 4) is 0 Å². The van der Waals surface area contributed by atoms with Crippen LogP contribution in [0.4, 0.5) is 0 Å². The molecule has 0 atom stereocenters. The number of hydrogen-bond acceptors (Lipinski definition) is 3. The van der Waals surface area contributed by atoms with Gasteiger partial charge in [-0.25, -0.2) is 9.97 Å². The van der Waals surface area contributed by atoms with E-state index in [0.717, 1.165) is 23.9 Å². The molecule has 0 aliphatic heterocycles. The SMILES string of the molecule is COCCc1ccc2ncncc2c1. The fraction of sp³-hybridized carbons (Fsp3) is 0.273. The summed E-state index contributed by atoms with van der Waals surface area (Å²) in [5.74, 6) is 0. The van der Waals surface area contributed by atoms with Gasteiger partial charge in [-0.1, -0.05) is 6.07 Å². The quantitative estimate of drug-likeness (QED) is 0.737. The van der Waals surface area contributed by atoms with Crippen LogP contribution in [-0.4, -0.2) is 23.7 Å². The molecule has 1 aromatic heterocycles. The van der Waals surface area contributed by atoms with Crippen LogP contribution >= 0.6 is 0 Å². The van der Waals surface area contributed by atoms with Crippen LogP contribution in [0.1, 0.15) is 5.56 Å². The average molecular weight is 188 g/mol. The van der Waals surface area contributed by atoms with Crippen molar-refractivity contribution < 1.29 is 4.74 Å². The van der Waals surface area contributed by atoms with Gasteiger partial charge in [-0.3, -0.25) is 0 Å². The maximum absolute atomic E-state index is 5.03. The van der Waals surface area contributed by atoms with Gasteiger partial charge in [0.2, 0.25) is 0 Å². The minimum absolute atomic E-state index is 0.749. The molecule has 3 nitrogen and oxygen atoms in total. The number of aromatic nitrogens is 2. The third-order valence-corrected chi connectivity index (χ3v) is 2.16. The fourth-order valence-electron chi connectivity index (χ4n) is 1.41. The molecule has 0 N–H and O–H groups in total. The first kappa shape index (κ1) is 9.09. The van der Waals surface area contributed by atoms with Gasteiger partial charge >= 0.3 is 0 Å². The lowest BCUT2D eigenvalue weighted by Gasteiger charge is -2.01. The fourth-order valence-corrected chi connectivity index (χ4v) is 1.41. The zero-order valence-corrected chi connectivity index (χ0v) is 8.10. The highest BCUT2D eigenvalue weighted by Crippen LogP contribution is 2.12. The van der Waals surface area contributed by atoms with Crippen LogP contribution in [0.25, 0.3) is 10.9 Å². The predicted molar refractivity (Wildman–Crippen MR) is 55.1 cm³/mol. The number of hydrogen-bond donors (Lipinski definition) is 0. The molecule has 3 heteroatoms. The molecule has 0 unspecified atom stereocenters. The van der Waals surface area contributed by atoms with Crippen molar-refractivity contribution in [3.05, 3.63) is 36.3 Å². The summed E-state index contributed by atoms with van der Waals surface area (Å²) in [5, 5.41) is 1.08. The molecular formula is C11H12N2O. The maximum atomic E-state index is 5.03. The lowest BCUT2D eigenvalue weighted by molar-refractivity contribution is 0.202. The summed E-state index contributed by atoms with van der Waals surface area (Å²) in [6.45, 7) is 0.749. The van der Waals surface area contributed by atoms with Crippen molar-refractivity contribution in [1.29, 1.82) is 0 Å². The molecule has 0 bridgehead atoms. The zero-order valence-electron chi connectivity index (χ0n) is 8.10. The Bertz CT molecular complexity index is 428. The molecule has 0 spiro atoms. The zero-order chi connectivity index (χ0) is 9.80. The Balaban J connectivity index is 2.32. The van der Waals surface area contributed by atoms with E-state index in [4.69, 9.17) is 4.74 Å². The van der Waals surface area contributed by atoms with E-state index >= 15 is 0 Å². The van der Waals surface area contributed by atoms with E-state index in [1.165, 1.54) is 5.56 Å². The predicted octanol–water partition coefficient (Wildman–Crippen LogP) is 1.82. The van der Waals surface area contributed by atoms with Crippen LogP contribution in [-0.2, 0) is 11.2 Å². The monoisotopic (exact) mass is 188 g/mol. The van der Waals surface area contributed by atoms with Crippen molar-refractivity contribution in [2.24, 2.45) is 0 Å². The summed E-state index contributed by atoms with van der Waals surface area (Å²) < 4.78 is 5.03. The Labute approximate surface area is 82.8 Å². The number of methoxy groups -OCH3 is 1. The van der Waals surface area contributed by atoms with Crippen LogP contribution in [0.3, 0.4) is 0 Å². The second-order valence-electron chi connectivity index (χ2n) is 3.16. The van der Waals surface area contributed by atoms with Crippen LogP contribution in [0.5, 0.6) is 0 Å². The smallest absolute Gasteiger partial charge is 0.116 e. The van der Waals surface area contributed by atoms with E-state index in [0.29, 0.717) is 0 Å². The first-order chi connectivity index (χ1) is 6.90. The van der Waals surface area contributed by atoms with Gasteiger partial charge < -0.3 is 4.74 Å². The Hall–Kier alpha value is -1.48. The summed E-state index contributed by atoms with van der Waals surface area (Å²) in [6.07, 6.45) is 4.33. The molecule has 0 saturated carbocycles. The molecule has 14 heavy (non-hydrogen) atoms. The van der Waals surface area contributed by atoms with Crippen LogP contribution in [0, 0.1) is 0 Å². The second kappa shape index (κ2) is 4.15. The van der Waals surface area contributed by atoms with E-state index in [1.807, 2.05) is 12.3 Å². The van der Waals surface area contributed by atoms with E-state index in [1.54, 1.807) is 13.4 Å². The van der Waals surface area contributed by atoms with E-state index < -0.39 is 0 Å². The highest BCUT2D eigenvalue weighted by atomic mass is 16.5. The first-order valence-electron chi connectivity index (χ1n) is 4.58. The molecular weight excluding hydrogens is 176 g/mol. The normalized spacial score (nSPS) is 10.6. The molecule has 0 saturated heterocycles. The minimum atomic E-state index is 0.749. The first-order valence-corrected chi connectivity index (χ1v) is 4.58. The summed E-state index contributed by atoms with van der Waals surface area (Å²) in [7, 11) is 1.71. The van der Waals surface area contributed by atoms with Crippen molar-refractivity contribution in [2.75, 3.05) is 13.7 Å². The molecule has 0 aliphatic carbocycles. The van der Waals surface area contributed by atoms with Gasteiger partial charge in [0.15, 0.2) is 0 Å². The third kappa shape index (κ3) is 1.88. The number of fused-ring (bicyclic) bond motifs is 1. The van der Waals surface area contributed by atoms with Crippen LogP contribution in [0.15, 0.2) is 30.7 Å². The Morgan fingerprint density at radius 3 is 3.14 bits per heavy atom. The molecule has 0 radical (unpaired) electrons. The summed E-state index contributed by atoms with van der Waals surface area (Å²) in [5.41, 5.74) is 2.25. The Kier molecular flexibility index (Phi) is 2.70. The van der Waals surface area contributed by atoms with Crippen molar-refractivity contribution in [2.45, 2.75) is 6.42 Å². The number of rotatable bonds is 3. The highest BCUT2D eigenvalue weighted by molar-refractivity contribution is 5.77. The van der Waals surface area contributed by atoms with Gasteiger partial charge in [0.25, 0.3) is 0 Å². The molecule has 0 fully saturated rings. The van der Waals surface area contributed by atoms with E-state index in [-0.39, 0.29) is 0 Å². The van der Waals surface area contributed by atoms with Crippen LogP contribution in [0.2, 0.25) is 0 Å². The topological polar surface area (TPSA) is 35.0 Å². The van der Waals surface area contributed by atoms with Gasteiger partial charge in [-0.15, -0.1) is 0 Å². The summed E-state index contributed by atoms with van der Waals surface area (Å²) in [4.78, 5) is 8.15. The largest absolute Gasteiger partial charge is 0.384 e. The van der Waals surface area contributed by atoms with E-state index in [9.17, 15) is 0 Å². The lowest BCUT2D eigenvalue weighted by atomic mass is 10.1. The number of benzene rings is 1. The van der Waals surface area contributed by atoms with Gasteiger partial charge in [0, 0.05) is 18.7 Å². The van der Waals surface area contributed by atoms with Gasteiger partial charge in [0.1, 0.15) is 6.33 Å². The molecule has 1 heterocycles. The lowest BCUT2D eigenvalue weighted by Crippen LogP contribution is -1.94. The Morgan fingerprint density at radius 1 is 1.36 bits per heavy atom. The van der Waals surface area contributed by atoms with Crippen molar-refractivity contribution in [3.63, 3.8) is 0 Å². The van der Waals surface area contributed by atoms with Gasteiger partial charge in [-0.2, -0.15) is 0 Å². The second-order valence-corrected chi connectivity index (χ2v) is 3.16. The van der Waals surface area contributed by atoms with Crippen molar-refractivity contribution in [1.82, 2.24) is 9.97 Å². The standard InChI is InChI=1S/C11H12N2O/c1-14-5-4-9-2-3-11-10(6-9)7-12-8-13-11/h2-3,6-8H,4-5H2,1H3. The third-order valence-electron chi connectivity index (χ3n) is 2.16. The molecule has 0 aliphatic rings. The molecule has 72 valence electrons. The van der Waals surface area contributed by atoms with Crippen molar-refractivity contribution >= 4 is 10.9 Å². The van der Waals surface area contributed by atoms with E-state index in [2.05, 4.69) is 22.1 Å². The molecule has 0 amide bonds. The molecule has 1 aromatic carbocycles. The van der Waals surface area contributed by atoms with Gasteiger partial charge in [-0.05, 0) is 24.1 Å². The van der Waals surface area contributed by atoms with Gasteiger partial charge in [0.05, 0.1) is 12.1 Å². The highest BCUT2D eigenvalue weighted by Gasteiger charge is 1.96. The summed E-state index contributed by atoms with van der Waals surface area (Å²) >= 11 is 0. The number of ether oxygens (including phenoxy) is 1. The summed E-state index contributed by atoms with van der Waals surface area (Å²) in [6, 6.07) is 6.20. The molecule has 2 aromatic rings. The minimum Gasteiger partial charge on any atom is -0.384 e.